The van der Waals surface area contributed by atoms with Crippen LogP contribution in [0.5, 0.6) is 17.2 Å². The van der Waals surface area contributed by atoms with Crippen molar-refractivity contribution in [3.05, 3.63) is 156 Å². The molecule has 0 saturated carbocycles. The average molecular weight is 1020 g/mol. The minimum Gasteiger partial charge on any atom is -0.497 e. The molecule has 368 valence electrons. The highest BCUT2D eigenvalue weighted by Crippen LogP contribution is 2.44. The summed E-state index contributed by atoms with van der Waals surface area (Å²) in [5.41, 5.74) is 9.57. The zero-order valence-electron chi connectivity index (χ0n) is 38.6. The molecule has 0 spiro atoms. The Morgan fingerprint density at radius 2 is 1.35 bits per heavy atom. The number of benzene rings is 6. The molecule has 0 radical (unpaired) electrons. The predicted molar refractivity (Wildman–Crippen MR) is 267 cm³/mol. The molecule has 2 heterocycles. The molecule has 19 nitrogen and oxygen atoms in total. The van der Waals surface area contributed by atoms with E-state index in [2.05, 4.69) is 25.3 Å². The molecule has 0 fully saturated rings. The number of nitrogens with zero attached hydrogens (tertiary/aromatic N) is 6. The first kappa shape index (κ1) is 49.9. The second-order valence-electron chi connectivity index (χ2n) is 15.9. The summed E-state index contributed by atoms with van der Waals surface area (Å²) in [5, 5.41) is 26.7. The third-order valence-corrected chi connectivity index (χ3v) is 15.6. The van der Waals surface area contributed by atoms with Crippen LogP contribution in [0.1, 0.15) is 22.3 Å². The number of aromatic nitrogens is 5. The van der Waals surface area contributed by atoms with Crippen LogP contribution < -0.4 is 30.0 Å². The van der Waals surface area contributed by atoms with Gasteiger partial charge in [0.15, 0.2) is 5.13 Å². The fourth-order valence-corrected chi connectivity index (χ4v) is 12.0. The number of aliphatic hydroxyl groups is 1. The number of carbonyl (C=O) groups is 1. The van der Waals surface area contributed by atoms with E-state index in [1.165, 1.54) is 42.5 Å². The van der Waals surface area contributed by atoms with Gasteiger partial charge in [0.2, 0.25) is 25.9 Å². The maximum absolute atomic E-state index is 16.2. The van der Waals surface area contributed by atoms with Gasteiger partial charge in [-0.05, 0) is 81.6 Å². The van der Waals surface area contributed by atoms with Crippen LogP contribution in [0.25, 0.3) is 32.7 Å². The van der Waals surface area contributed by atoms with Crippen molar-refractivity contribution < 1.29 is 45.7 Å². The molecule has 0 saturated heterocycles. The smallest absolute Gasteiger partial charge is 0.407 e. The van der Waals surface area contributed by atoms with Crippen molar-refractivity contribution in [1.82, 2.24) is 39.5 Å². The largest absolute Gasteiger partial charge is 0.497 e. The van der Waals surface area contributed by atoms with Gasteiger partial charge in [0.25, 0.3) is 0 Å². The first-order valence-electron chi connectivity index (χ1n) is 21.9. The van der Waals surface area contributed by atoms with Crippen LogP contribution in [0, 0.1) is 0 Å². The van der Waals surface area contributed by atoms with Crippen molar-refractivity contribution >= 4 is 52.8 Å². The highest BCUT2D eigenvalue weighted by Gasteiger charge is 2.39. The number of sulfonamides is 2. The van der Waals surface area contributed by atoms with Gasteiger partial charge in [0, 0.05) is 25.2 Å². The summed E-state index contributed by atoms with van der Waals surface area (Å²) in [5.74, 6) is 1.45. The number of aliphatic hydroxyl groups excluding tert-OH is 1. The molecule has 0 aliphatic rings. The number of alkyl carbamates (subject to hydrolysis) is 1. The lowest BCUT2D eigenvalue weighted by Crippen LogP contribution is -2.46. The molecule has 8 rings (SSSR count). The number of thiazole rings is 1. The maximum atomic E-state index is 16.2. The number of nitrogens with one attached hydrogen (secondary N) is 2. The van der Waals surface area contributed by atoms with E-state index >= 15 is 16.8 Å². The molecule has 1 amide bonds. The molecule has 1 atom stereocenters. The monoisotopic (exact) mass is 1020 g/mol. The van der Waals surface area contributed by atoms with E-state index in [4.69, 9.17) is 29.8 Å². The Morgan fingerprint density at radius 3 is 1.94 bits per heavy atom. The van der Waals surface area contributed by atoms with Crippen molar-refractivity contribution in [2.45, 2.75) is 42.1 Å². The van der Waals surface area contributed by atoms with Crippen LogP contribution in [0.3, 0.4) is 0 Å². The van der Waals surface area contributed by atoms with Crippen molar-refractivity contribution in [2.24, 2.45) is 0 Å². The van der Waals surface area contributed by atoms with Crippen molar-refractivity contribution in [3.8, 4) is 39.8 Å². The summed E-state index contributed by atoms with van der Waals surface area (Å²) < 4.78 is 88.1. The summed E-state index contributed by atoms with van der Waals surface area (Å²) >= 11 is 1.22. The average Bonchev–Trinajstić information content (AvgIpc) is 4.02. The molecule has 22 heteroatoms. The van der Waals surface area contributed by atoms with Gasteiger partial charge in [0.1, 0.15) is 33.6 Å². The number of fused-ring (bicyclic) bond motifs is 1. The lowest BCUT2D eigenvalue weighted by Gasteiger charge is -2.27. The first-order chi connectivity index (χ1) is 34.3. The molecule has 2 aromatic heterocycles. The number of amides is 1. The zero-order valence-corrected chi connectivity index (χ0v) is 41.1. The third kappa shape index (κ3) is 11.8. The van der Waals surface area contributed by atoms with Gasteiger partial charge < -0.3 is 35.1 Å². The maximum Gasteiger partial charge on any atom is 0.407 e. The Hall–Kier alpha value is -7.47. The number of tetrazole rings is 1. The van der Waals surface area contributed by atoms with E-state index in [1.807, 2.05) is 12.1 Å². The minimum absolute atomic E-state index is 0.0674. The first-order valence-corrected chi connectivity index (χ1v) is 25.6. The lowest BCUT2D eigenvalue weighted by atomic mass is 9.98. The summed E-state index contributed by atoms with van der Waals surface area (Å²) in [4.78, 5) is 17.2. The van der Waals surface area contributed by atoms with E-state index in [9.17, 15) is 9.90 Å². The lowest BCUT2D eigenvalue weighted by molar-refractivity contribution is 0.137. The molecular weight excluding hydrogens is 971 g/mol. The Labute approximate surface area is 413 Å². The van der Waals surface area contributed by atoms with Crippen LogP contribution in [-0.4, -0.2) is 98.1 Å². The Bertz CT molecular complexity index is 3290. The van der Waals surface area contributed by atoms with Crippen molar-refractivity contribution in [2.75, 3.05) is 40.2 Å². The molecule has 71 heavy (non-hydrogen) atoms. The van der Waals surface area contributed by atoms with Gasteiger partial charge in [0.05, 0.1) is 56.3 Å². The Morgan fingerprint density at radius 1 is 0.746 bits per heavy atom. The quantitative estimate of drug-likeness (QED) is 0.0623. The molecule has 1 unspecified atom stereocenters. The van der Waals surface area contributed by atoms with Gasteiger partial charge in [-0.15, -0.1) is 10.2 Å². The minimum atomic E-state index is -5.03. The number of anilines is 1. The van der Waals surface area contributed by atoms with Crippen molar-refractivity contribution in [3.63, 3.8) is 0 Å². The van der Waals surface area contributed by atoms with Crippen LogP contribution in [-0.2, 0) is 51.0 Å². The van der Waals surface area contributed by atoms with Crippen LogP contribution in [0.4, 0.5) is 9.93 Å². The number of ether oxygens (including phenoxy) is 4. The van der Waals surface area contributed by atoms with Gasteiger partial charge in [-0.25, -0.2) is 31.3 Å². The Balaban J connectivity index is 1.31. The number of rotatable bonds is 21. The summed E-state index contributed by atoms with van der Waals surface area (Å²) in [7, 11) is -5.43. The SMILES string of the molecule is COc1ccc(CN(Cc2ccc(OC)cc2)S(=O)(=O)c2c(S(=O)(=O)NC(CO)CNC(=O)OCc3ccccc3)ccc(-c3cccc4sc(N)nc34)c2-c2nnn(Cc3ccc(OC)cc3)n2)cc1. The number of nitrogens with two attached hydrogens (primary N) is 1. The van der Waals surface area contributed by atoms with Gasteiger partial charge in [-0.2, -0.15) is 9.10 Å². The molecule has 8 aromatic rings. The standard InChI is InChI=1S/C49H49N9O10S3/c1-65-37-18-12-32(13-19-37)27-57(28-33-14-20-38(66-2)21-15-33)71(63,64)46-43(70(61,62)55-36(30-59)26-51-49(60)68-31-35-8-5-4-6-9-35)25-24-40(41-10-7-11-42-45(41)52-48(50)69-42)44(46)47-53-56-58(54-47)29-34-16-22-39(67-3)23-17-34/h4-25,36,55,59H,26-31H2,1-3H3,(H2,50,52)(H,51,60). The van der Waals surface area contributed by atoms with Gasteiger partial charge in [-0.3, -0.25) is 0 Å². The molecule has 0 aliphatic carbocycles. The molecule has 5 N–H and O–H groups in total. The third-order valence-electron chi connectivity index (χ3n) is 11.2. The Kier molecular flexibility index (Phi) is 15.5. The normalized spacial score (nSPS) is 12.2. The van der Waals surface area contributed by atoms with Crippen molar-refractivity contribution in [1.29, 1.82) is 0 Å². The second-order valence-corrected chi connectivity index (χ2v) is 20.5. The van der Waals surface area contributed by atoms with Crippen LogP contribution in [0.15, 0.2) is 143 Å². The summed E-state index contributed by atoms with van der Waals surface area (Å²) in [6.45, 7) is -1.72. The predicted octanol–water partition coefficient (Wildman–Crippen LogP) is 6.23. The van der Waals surface area contributed by atoms with Gasteiger partial charge in [-0.1, -0.05) is 96.3 Å². The fourth-order valence-electron chi connectivity index (χ4n) is 7.60. The number of methoxy groups -OCH3 is 3. The highest BCUT2D eigenvalue weighted by molar-refractivity contribution is 7.92. The van der Waals surface area contributed by atoms with E-state index < -0.39 is 55.1 Å². The molecular formula is C49H49N9O10S3. The topological polar surface area (TPSA) is 252 Å². The highest BCUT2D eigenvalue weighted by atomic mass is 32.2. The van der Waals surface area contributed by atoms with E-state index in [0.717, 1.165) is 9.87 Å². The number of hydrogen-bond acceptors (Lipinski definition) is 16. The van der Waals surface area contributed by atoms with Crippen LogP contribution >= 0.6 is 11.3 Å². The molecule has 0 bridgehead atoms. The van der Waals surface area contributed by atoms with Gasteiger partial charge >= 0.3 is 6.09 Å². The second kappa shape index (κ2) is 22.1. The molecule has 0 aliphatic heterocycles. The number of para-hydroxylation sites is 1. The summed E-state index contributed by atoms with van der Waals surface area (Å²) in [6, 6.07) is 36.1. The van der Waals surface area contributed by atoms with E-state index in [-0.39, 0.29) is 48.3 Å². The molecule has 6 aromatic carbocycles. The zero-order chi connectivity index (χ0) is 50.1. The fraction of sp³-hybridized carbons (Fsp3) is 0.204. The van der Waals surface area contributed by atoms with E-state index in [0.29, 0.717) is 49.7 Å². The summed E-state index contributed by atoms with van der Waals surface area (Å²) in [6.07, 6.45) is -0.880. The number of carbonyl (C=O) groups excluding carboxylic acids is 1. The number of hydrogen-bond donors (Lipinski definition) is 4. The number of nitrogen functional groups attached to an aromatic ring is 1. The van der Waals surface area contributed by atoms with Crippen LogP contribution in [0.2, 0.25) is 0 Å². The van der Waals surface area contributed by atoms with E-state index in [1.54, 1.807) is 116 Å².